The van der Waals surface area contributed by atoms with Gasteiger partial charge in [0.2, 0.25) is 0 Å². The minimum atomic E-state index is -3.17. The molecule has 0 aliphatic carbocycles. The summed E-state index contributed by atoms with van der Waals surface area (Å²) in [6.07, 6.45) is 0. The maximum Gasteiger partial charge on any atom is 0.387 e. The number of carbonyl (C=O) groups excluding carboxylic acids is 1. The second kappa shape index (κ2) is 8.43. The zero-order valence-electron chi connectivity index (χ0n) is 14.8. The molecule has 0 unspecified atom stereocenters. The lowest BCUT2D eigenvalue weighted by molar-refractivity contribution is -0.386. The summed E-state index contributed by atoms with van der Waals surface area (Å²) >= 11 is 0. The first-order valence-corrected chi connectivity index (χ1v) is 7.77. The van der Waals surface area contributed by atoms with Gasteiger partial charge in [-0.25, -0.2) is 4.79 Å². The van der Waals surface area contributed by atoms with Crippen molar-refractivity contribution >= 4 is 11.7 Å². The number of carbonyl (C=O) groups is 1. The Morgan fingerprint density at radius 1 is 1.15 bits per heavy atom. The van der Waals surface area contributed by atoms with Crippen molar-refractivity contribution in [1.29, 1.82) is 0 Å². The molecule has 2 rings (SSSR count). The number of nitrogens with zero attached hydrogens (tertiary/aromatic N) is 1. The van der Waals surface area contributed by atoms with Crippen molar-refractivity contribution in [3.05, 3.63) is 62.7 Å². The first kappa shape index (κ1) is 20.1. The SMILES string of the molecule is COc1cc(COC(=O)c2ccc(C)c(C)c2)c([N+](=O)[O-])cc1OC(F)F. The van der Waals surface area contributed by atoms with E-state index in [-0.39, 0.29) is 11.3 Å². The molecular weight excluding hydrogens is 364 g/mol. The van der Waals surface area contributed by atoms with Gasteiger partial charge in [0.25, 0.3) is 5.69 Å². The normalized spacial score (nSPS) is 10.6. The van der Waals surface area contributed by atoms with Crippen molar-refractivity contribution < 1.29 is 32.7 Å². The molecule has 27 heavy (non-hydrogen) atoms. The average Bonchev–Trinajstić information content (AvgIpc) is 2.61. The first-order valence-electron chi connectivity index (χ1n) is 7.77. The fourth-order valence-corrected chi connectivity index (χ4v) is 2.32. The molecule has 2 aromatic rings. The number of methoxy groups -OCH3 is 1. The van der Waals surface area contributed by atoms with Gasteiger partial charge in [0.15, 0.2) is 11.5 Å². The number of hydrogen-bond donors (Lipinski definition) is 0. The molecule has 0 saturated carbocycles. The lowest BCUT2D eigenvalue weighted by atomic mass is 10.1. The molecule has 0 radical (unpaired) electrons. The summed E-state index contributed by atoms with van der Waals surface area (Å²) in [4.78, 5) is 22.6. The van der Waals surface area contributed by atoms with Gasteiger partial charge >= 0.3 is 12.6 Å². The first-order chi connectivity index (χ1) is 12.7. The summed E-state index contributed by atoms with van der Waals surface area (Å²) in [6.45, 7) is 0.118. The number of alkyl halides is 2. The van der Waals surface area contributed by atoms with E-state index < -0.39 is 35.5 Å². The standard InChI is InChI=1S/C18H17F2NO6/c1-10-4-5-12(6-11(10)2)17(22)26-9-13-7-15(25-3)16(27-18(19)20)8-14(13)21(23)24/h4-8,18H,9H2,1-3H3. The van der Waals surface area contributed by atoms with E-state index in [9.17, 15) is 23.7 Å². The molecule has 0 bridgehead atoms. The molecule has 0 heterocycles. The largest absolute Gasteiger partial charge is 0.493 e. The number of nitro benzene ring substituents is 1. The lowest BCUT2D eigenvalue weighted by Gasteiger charge is -2.12. The Bertz CT molecular complexity index is 869. The summed E-state index contributed by atoms with van der Waals surface area (Å²) in [5.41, 5.74) is 1.65. The van der Waals surface area contributed by atoms with Crippen molar-refractivity contribution in [1.82, 2.24) is 0 Å². The van der Waals surface area contributed by atoms with Crippen LogP contribution in [-0.2, 0) is 11.3 Å². The predicted molar refractivity (Wildman–Crippen MR) is 91.3 cm³/mol. The van der Waals surface area contributed by atoms with E-state index in [0.717, 1.165) is 23.3 Å². The van der Waals surface area contributed by atoms with E-state index in [4.69, 9.17) is 9.47 Å². The summed E-state index contributed by atoms with van der Waals surface area (Å²) in [5.74, 6) is -1.29. The Hall–Kier alpha value is -3.23. The third-order valence-corrected chi connectivity index (χ3v) is 3.88. The van der Waals surface area contributed by atoms with Crippen LogP contribution < -0.4 is 9.47 Å². The maximum absolute atomic E-state index is 12.5. The van der Waals surface area contributed by atoms with Crippen molar-refractivity contribution in [3.63, 3.8) is 0 Å². The van der Waals surface area contributed by atoms with Crippen molar-refractivity contribution in [3.8, 4) is 11.5 Å². The van der Waals surface area contributed by atoms with Gasteiger partial charge in [0, 0.05) is 0 Å². The number of hydrogen-bond acceptors (Lipinski definition) is 6. The van der Waals surface area contributed by atoms with Gasteiger partial charge in [0.05, 0.1) is 29.2 Å². The molecule has 0 saturated heterocycles. The van der Waals surface area contributed by atoms with Crippen LogP contribution in [0.15, 0.2) is 30.3 Å². The maximum atomic E-state index is 12.5. The van der Waals surface area contributed by atoms with E-state index in [1.165, 1.54) is 7.11 Å². The monoisotopic (exact) mass is 381 g/mol. The molecule has 0 atom stereocenters. The van der Waals surface area contributed by atoms with Crippen LogP contribution in [0.25, 0.3) is 0 Å². The van der Waals surface area contributed by atoms with Crippen LogP contribution in [-0.4, -0.2) is 24.6 Å². The van der Waals surface area contributed by atoms with Gasteiger partial charge in [-0.3, -0.25) is 10.1 Å². The van der Waals surface area contributed by atoms with Crippen LogP contribution in [0.5, 0.6) is 11.5 Å². The third-order valence-electron chi connectivity index (χ3n) is 3.88. The second-order valence-corrected chi connectivity index (χ2v) is 5.64. The zero-order chi connectivity index (χ0) is 20.1. The second-order valence-electron chi connectivity index (χ2n) is 5.64. The molecule has 0 aromatic heterocycles. The minimum absolute atomic E-state index is 0.0179. The Kier molecular flexibility index (Phi) is 6.27. The topological polar surface area (TPSA) is 87.9 Å². The third kappa shape index (κ3) is 4.90. The van der Waals surface area contributed by atoms with Crippen LogP contribution in [0.4, 0.5) is 14.5 Å². The average molecular weight is 381 g/mol. The van der Waals surface area contributed by atoms with E-state index in [0.29, 0.717) is 5.56 Å². The number of aryl methyl sites for hydroxylation is 2. The number of nitro groups is 1. The highest BCUT2D eigenvalue weighted by Gasteiger charge is 2.23. The Labute approximate surface area is 153 Å². The molecule has 9 heteroatoms. The van der Waals surface area contributed by atoms with Gasteiger partial charge in [-0.05, 0) is 43.2 Å². The summed E-state index contributed by atoms with van der Waals surface area (Å²) in [6, 6.07) is 6.92. The number of halogens is 2. The van der Waals surface area contributed by atoms with Crippen LogP contribution >= 0.6 is 0 Å². The zero-order valence-corrected chi connectivity index (χ0v) is 14.8. The molecule has 0 amide bonds. The highest BCUT2D eigenvalue weighted by atomic mass is 19.3. The van der Waals surface area contributed by atoms with Crippen LogP contribution in [0, 0.1) is 24.0 Å². The minimum Gasteiger partial charge on any atom is -0.493 e. The molecule has 7 nitrogen and oxygen atoms in total. The van der Waals surface area contributed by atoms with Gasteiger partial charge in [-0.15, -0.1) is 0 Å². The van der Waals surface area contributed by atoms with Gasteiger partial charge in [-0.2, -0.15) is 8.78 Å². The number of esters is 1. The Morgan fingerprint density at radius 3 is 2.41 bits per heavy atom. The highest BCUT2D eigenvalue weighted by Crippen LogP contribution is 2.36. The number of ether oxygens (including phenoxy) is 3. The summed E-state index contributed by atoms with van der Waals surface area (Å²) in [7, 11) is 1.20. The molecule has 0 aliphatic heterocycles. The van der Waals surface area contributed by atoms with Crippen LogP contribution in [0.2, 0.25) is 0 Å². The highest BCUT2D eigenvalue weighted by molar-refractivity contribution is 5.89. The molecule has 0 N–H and O–H groups in total. The smallest absolute Gasteiger partial charge is 0.387 e. The van der Waals surface area contributed by atoms with Crippen molar-refractivity contribution in [2.45, 2.75) is 27.1 Å². The molecule has 0 fully saturated rings. The van der Waals surface area contributed by atoms with Crippen molar-refractivity contribution in [2.24, 2.45) is 0 Å². The fourth-order valence-electron chi connectivity index (χ4n) is 2.32. The van der Waals surface area contributed by atoms with E-state index in [1.54, 1.807) is 18.2 Å². The summed E-state index contributed by atoms with van der Waals surface area (Å²) < 4.78 is 39.2. The van der Waals surface area contributed by atoms with Crippen LogP contribution in [0.1, 0.15) is 27.0 Å². The van der Waals surface area contributed by atoms with E-state index in [1.807, 2.05) is 13.8 Å². The molecule has 0 aliphatic rings. The summed E-state index contributed by atoms with van der Waals surface area (Å²) in [5, 5.41) is 11.2. The van der Waals surface area contributed by atoms with E-state index >= 15 is 0 Å². The van der Waals surface area contributed by atoms with Crippen LogP contribution in [0.3, 0.4) is 0 Å². The molecule has 0 spiro atoms. The predicted octanol–water partition coefficient (Wildman–Crippen LogP) is 4.18. The number of rotatable bonds is 7. The Morgan fingerprint density at radius 2 is 1.85 bits per heavy atom. The lowest BCUT2D eigenvalue weighted by Crippen LogP contribution is -2.09. The van der Waals surface area contributed by atoms with Gasteiger partial charge < -0.3 is 14.2 Å². The molecular formula is C18H17F2NO6. The van der Waals surface area contributed by atoms with E-state index in [2.05, 4.69) is 4.74 Å². The molecule has 144 valence electrons. The Balaban J connectivity index is 2.27. The quantitative estimate of drug-likeness (QED) is 0.406. The van der Waals surface area contributed by atoms with Gasteiger partial charge in [-0.1, -0.05) is 6.07 Å². The fraction of sp³-hybridized carbons (Fsp3) is 0.278. The number of benzene rings is 2. The van der Waals surface area contributed by atoms with Gasteiger partial charge in [0.1, 0.15) is 6.61 Å². The van der Waals surface area contributed by atoms with Crippen molar-refractivity contribution in [2.75, 3.05) is 7.11 Å². The molecule has 2 aromatic carbocycles.